The van der Waals surface area contributed by atoms with E-state index < -0.39 is 29.7 Å². The van der Waals surface area contributed by atoms with Crippen LogP contribution < -0.4 is 0 Å². The average molecular weight is 337 g/mol. The maximum atomic E-state index is 12.5. The van der Waals surface area contributed by atoms with E-state index in [-0.39, 0.29) is 5.90 Å². The molecule has 1 unspecified atom stereocenters. The Balaban J connectivity index is 1.99. The molecule has 6 heteroatoms. The topological polar surface area (TPSA) is 82.0 Å². The minimum absolute atomic E-state index is 0.00291. The van der Waals surface area contributed by atoms with E-state index in [2.05, 4.69) is 4.99 Å². The summed E-state index contributed by atoms with van der Waals surface area (Å²) in [5, 5.41) is 0. The van der Waals surface area contributed by atoms with Gasteiger partial charge in [0.1, 0.15) is 0 Å². The average Bonchev–Trinajstić information content (AvgIpc) is 3.00. The van der Waals surface area contributed by atoms with E-state index in [0.29, 0.717) is 11.1 Å². The summed E-state index contributed by atoms with van der Waals surface area (Å²) in [6.07, 6.45) is -0.459. The summed E-state index contributed by atoms with van der Waals surface area (Å²) in [5.41, 5.74) is -1.11. The minimum atomic E-state index is -2.02. The van der Waals surface area contributed by atoms with E-state index in [1.54, 1.807) is 60.7 Å². The number of hydrogen-bond donors (Lipinski definition) is 0. The molecule has 0 saturated heterocycles. The summed E-state index contributed by atoms with van der Waals surface area (Å²) in [4.78, 5) is 41.5. The predicted octanol–water partition coefficient (Wildman–Crippen LogP) is 2.17. The molecule has 0 bridgehead atoms. The number of rotatable bonds is 5. The highest BCUT2D eigenvalue weighted by atomic mass is 16.6. The van der Waals surface area contributed by atoms with Gasteiger partial charge in [0.2, 0.25) is 5.90 Å². The van der Waals surface area contributed by atoms with Gasteiger partial charge >= 0.3 is 11.9 Å². The highest BCUT2D eigenvalue weighted by Gasteiger charge is 2.55. The number of aliphatic imine (C=N–C) groups is 1. The van der Waals surface area contributed by atoms with Crippen molar-refractivity contribution in [1.82, 2.24) is 0 Å². The van der Waals surface area contributed by atoms with Crippen LogP contribution in [0, 0.1) is 0 Å². The molecule has 3 rings (SSSR count). The molecule has 0 spiro atoms. The van der Waals surface area contributed by atoms with Crippen molar-refractivity contribution < 1.29 is 23.9 Å². The van der Waals surface area contributed by atoms with Gasteiger partial charge in [0.25, 0.3) is 5.54 Å². The van der Waals surface area contributed by atoms with Gasteiger partial charge in [-0.2, -0.15) is 0 Å². The van der Waals surface area contributed by atoms with Gasteiger partial charge in [0, 0.05) is 11.1 Å². The van der Waals surface area contributed by atoms with Crippen LogP contribution in [-0.4, -0.2) is 36.3 Å². The van der Waals surface area contributed by atoms with E-state index >= 15 is 0 Å². The van der Waals surface area contributed by atoms with Crippen LogP contribution in [-0.2, 0) is 19.1 Å². The molecule has 0 amide bonds. The second kappa shape index (κ2) is 6.68. The maximum absolute atomic E-state index is 12.5. The first-order chi connectivity index (χ1) is 12.1. The van der Waals surface area contributed by atoms with Gasteiger partial charge in [-0.05, 0) is 12.1 Å². The zero-order valence-corrected chi connectivity index (χ0v) is 13.5. The van der Waals surface area contributed by atoms with Gasteiger partial charge in [-0.1, -0.05) is 48.5 Å². The van der Waals surface area contributed by atoms with Crippen LogP contribution in [0.2, 0.25) is 0 Å². The lowest BCUT2D eigenvalue weighted by Crippen LogP contribution is -2.45. The fourth-order valence-corrected chi connectivity index (χ4v) is 2.56. The second-order valence-corrected chi connectivity index (χ2v) is 5.49. The van der Waals surface area contributed by atoms with Crippen LogP contribution in [0.25, 0.3) is 0 Å². The first-order valence-electron chi connectivity index (χ1n) is 7.61. The molecule has 126 valence electrons. The Labute approximate surface area is 144 Å². The number of nitrogens with zero attached hydrogens (tertiary/aromatic N) is 1. The van der Waals surface area contributed by atoms with Crippen LogP contribution in [0.1, 0.15) is 22.3 Å². The van der Waals surface area contributed by atoms with Crippen molar-refractivity contribution in [3.63, 3.8) is 0 Å². The van der Waals surface area contributed by atoms with E-state index in [1.165, 1.54) is 0 Å². The van der Waals surface area contributed by atoms with Crippen LogP contribution >= 0.6 is 0 Å². The molecule has 2 aromatic carbocycles. The summed E-state index contributed by atoms with van der Waals surface area (Å²) in [5.74, 6) is -2.24. The number of carbonyl (C=O) groups is 3. The third-order valence-corrected chi connectivity index (χ3v) is 3.88. The van der Waals surface area contributed by atoms with Crippen LogP contribution in [0.15, 0.2) is 65.7 Å². The summed E-state index contributed by atoms with van der Waals surface area (Å²) in [7, 11) is 1.14. The predicted molar refractivity (Wildman–Crippen MR) is 89.2 cm³/mol. The smallest absolute Gasteiger partial charge is 0.353 e. The van der Waals surface area contributed by atoms with Crippen molar-refractivity contribution in [2.45, 2.75) is 12.0 Å². The number of hydrogen-bond acceptors (Lipinski definition) is 6. The Morgan fingerprint density at radius 2 is 1.64 bits per heavy atom. The molecular weight excluding hydrogens is 322 g/mol. The third kappa shape index (κ3) is 3.06. The summed E-state index contributed by atoms with van der Waals surface area (Å²) >= 11 is 0. The van der Waals surface area contributed by atoms with Gasteiger partial charge < -0.3 is 9.47 Å². The molecule has 1 heterocycles. The zero-order chi connectivity index (χ0) is 17.9. The Bertz CT molecular complexity index is 845. The molecule has 2 aromatic rings. The molecule has 1 atom stereocenters. The standard InChI is InChI=1S/C19H15NO5/c1-24-17(22)19(12-15(21)13-8-4-2-5-9-13)18(23)25-16(20-19)14-10-6-3-7-11-14/h2-11H,12H2,1H3. The molecular formula is C19H15NO5. The Kier molecular flexibility index (Phi) is 4.43. The van der Waals surface area contributed by atoms with Crippen LogP contribution in [0.5, 0.6) is 0 Å². The molecule has 0 aromatic heterocycles. The van der Waals surface area contributed by atoms with Crippen molar-refractivity contribution in [3.05, 3.63) is 71.8 Å². The van der Waals surface area contributed by atoms with Gasteiger partial charge in [0.15, 0.2) is 5.78 Å². The Morgan fingerprint density at radius 1 is 1.04 bits per heavy atom. The molecule has 1 aliphatic heterocycles. The van der Waals surface area contributed by atoms with Crippen molar-refractivity contribution in [1.29, 1.82) is 0 Å². The van der Waals surface area contributed by atoms with Crippen molar-refractivity contribution >= 4 is 23.6 Å². The van der Waals surface area contributed by atoms with Crippen LogP contribution in [0.3, 0.4) is 0 Å². The highest BCUT2D eigenvalue weighted by Crippen LogP contribution is 2.30. The SMILES string of the molecule is COC(=O)C1(CC(=O)c2ccccc2)N=C(c2ccccc2)OC1=O. The van der Waals surface area contributed by atoms with E-state index in [9.17, 15) is 14.4 Å². The van der Waals surface area contributed by atoms with Crippen LogP contribution in [0.4, 0.5) is 0 Å². The van der Waals surface area contributed by atoms with E-state index in [1.807, 2.05) is 0 Å². The van der Waals surface area contributed by atoms with Gasteiger partial charge in [-0.25, -0.2) is 14.6 Å². The molecule has 0 N–H and O–H groups in total. The van der Waals surface area contributed by atoms with Crippen molar-refractivity contribution in [3.8, 4) is 0 Å². The number of methoxy groups -OCH3 is 1. The quantitative estimate of drug-likeness (QED) is 0.474. The first kappa shape index (κ1) is 16.6. The lowest BCUT2D eigenvalue weighted by atomic mass is 9.91. The molecule has 25 heavy (non-hydrogen) atoms. The fraction of sp³-hybridized carbons (Fsp3) is 0.158. The Morgan fingerprint density at radius 3 is 2.24 bits per heavy atom. The molecule has 6 nitrogen and oxygen atoms in total. The lowest BCUT2D eigenvalue weighted by molar-refractivity contribution is -0.155. The molecule has 0 radical (unpaired) electrons. The van der Waals surface area contributed by atoms with E-state index in [4.69, 9.17) is 9.47 Å². The second-order valence-electron chi connectivity index (χ2n) is 5.49. The monoisotopic (exact) mass is 337 g/mol. The van der Waals surface area contributed by atoms with Gasteiger partial charge in [-0.3, -0.25) is 4.79 Å². The molecule has 1 aliphatic rings. The Hall–Kier alpha value is -3.28. The molecule has 0 aliphatic carbocycles. The number of Topliss-reactive ketones (excluding diaryl/α,β-unsaturated/α-hetero) is 1. The number of carbonyl (C=O) groups excluding carboxylic acids is 3. The highest BCUT2D eigenvalue weighted by molar-refractivity contribution is 6.19. The normalized spacial score (nSPS) is 19.1. The fourth-order valence-electron chi connectivity index (χ4n) is 2.56. The van der Waals surface area contributed by atoms with Crippen molar-refractivity contribution in [2.24, 2.45) is 4.99 Å². The number of cyclic esters (lactones) is 1. The summed E-state index contributed by atoms with van der Waals surface area (Å²) in [6.45, 7) is 0. The zero-order valence-electron chi connectivity index (χ0n) is 13.5. The summed E-state index contributed by atoms with van der Waals surface area (Å²) in [6, 6.07) is 17.1. The molecule has 0 fully saturated rings. The maximum Gasteiger partial charge on any atom is 0.353 e. The molecule has 0 saturated carbocycles. The third-order valence-electron chi connectivity index (χ3n) is 3.88. The van der Waals surface area contributed by atoms with E-state index in [0.717, 1.165) is 7.11 Å². The number of ketones is 1. The number of esters is 2. The summed E-state index contributed by atoms with van der Waals surface area (Å²) < 4.78 is 9.91. The number of ether oxygens (including phenoxy) is 2. The first-order valence-corrected chi connectivity index (χ1v) is 7.61. The largest absolute Gasteiger partial charge is 0.467 e. The lowest BCUT2D eigenvalue weighted by Gasteiger charge is -2.18. The number of benzene rings is 2. The van der Waals surface area contributed by atoms with Gasteiger partial charge in [0.05, 0.1) is 13.5 Å². The van der Waals surface area contributed by atoms with Gasteiger partial charge in [-0.15, -0.1) is 0 Å². The van der Waals surface area contributed by atoms with Crippen molar-refractivity contribution in [2.75, 3.05) is 7.11 Å². The minimum Gasteiger partial charge on any atom is -0.467 e.